The lowest BCUT2D eigenvalue weighted by atomic mass is 10.1. The van der Waals surface area contributed by atoms with Crippen molar-refractivity contribution >= 4 is 15.9 Å². The van der Waals surface area contributed by atoms with Crippen molar-refractivity contribution in [3.05, 3.63) is 34.3 Å². The summed E-state index contributed by atoms with van der Waals surface area (Å²) in [5.74, 6) is 0. The first-order chi connectivity index (χ1) is 7.67. The summed E-state index contributed by atoms with van der Waals surface area (Å²) in [6.45, 7) is 7.34. The Hall–Kier alpha value is -0.380. The van der Waals surface area contributed by atoms with Gasteiger partial charge >= 0.3 is 0 Å². The van der Waals surface area contributed by atoms with E-state index in [-0.39, 0.29) is 6.10 Å². The number of aliphatic hydroxyl groups is 1. The van der Waals surface area contributed by atoms with Crippen LogP contribution in [0.3, 0.4) is 0 Å². The number of hydrogen-bond acceptors (Lipinski definition) is 2. The molecule has 16 heavy (non-hydrogen) atoms. The molecule has 0 saturated heterocycles. The summed E-state index contributed by atoms with van der Waals surface area (Å²) in [4.78, 5) is 2.32. The largest absolute Gasteiger partial charge is 0.388 e. The number of benzene rings is 1. The maximum atomic E-state index is 10.0. The highest BCUT2D eigenvalue weighted by Crippen LogP contribution is 2.19. The predicted molar refractivity (Wildman–Crippen MR) is 71.5 cm³/mol. The minimum Gasteiger partial charge on any atom is -0.388 e. The molecule has 0 aromatic heterocycles. The Morgan fingerprint density at radius 2 is 1.75 bits per heavy atom. The molecule has 0 fully saturated rings. The quantitative estimate of drug-likeness (QED) is 0.868. The summed E-state index contributed by atoms with van der Waals surface area (Å²) in [6.07, 6.45) is 0.442. The number of nitrogens with zero attached hydrogens (tertiary/aromatic N) is 1. The molecule has 1 aromatic carbocycles. The Balaban J connectivity index is 2.46. The van der Waals surface area contributed by atoms with Crippen molar-refractivity contribution in [1.82, 2.24) is 4.90 Å². The Kier molecular flexibility index (Phi) is 6.03. The minimum absolute atomic E-state index is 0.353. The van der Waals surface area contributed by atoms with E-state index in [0.29, 0.717) is 0 Å². The summed E-state index contributed by atoms with van der Waals surface area (Å²) in [5, 5.41) is 10.0. The third-order valence-corrected chi connectivity index (χ3v) is 3.40. The molecular weight excluding hydrogens is 266 g/mol. The molecule has 1 unspecified atom stereocenters. The monoisotopic (exact) mass is 285 g/mol. The Labute approximate surface area is 106 Å². The molecule has 0 heterocycles. The summed E-state index contributed by atoms with van der Waals surface area (Å²) < 4.78 is 1.05. The van der Waals surface area contributed by atoms with E-state index < -0.39 is 0 Å². The average Bonchev–Trinajstić information content (AvgIpc) is 2.31. The van der Waals surface area contributed by atoms with Crippen LogP contribution >= 0.6 is 15.9 Å². The van der Waals surface area contributed by atoms with Gasteiger partial charge in [-0.2, -0.15) is 0 Å². The topological polar surface area (TPSA) is 23.5 Å². The molecule has 0 radical (unpaired) electrons. The Bertz CT molecular complexity index is 295. The van der Waals surface area contributed by atoms with Crippen LogP contribution in [0.4, 0.5) is 0 Å². The van der Waals surface area contributed by atoms with Crippen LogP contribution < -0.4 is 0 Å². The van der Waals surface area contributed by atoms with Gasteiger partial charge in [0.1, 0.15) is 0 Å². The molecule has 1 rings (SSSR count). The van der Waals surface area contributed by atoms with E-state index >= 15 is 0 Å². The van der Waals surface area contributed by atoms with Gasteiger partial charge in [0.15, 0.2) is 0 Å². The minimum atomic E-state index is -0.353. The van der Waals surface area contributed by atoms with Crippen molar-refractivity contribution < 1.29 is 5.11 Å². The van der Waals surface area contributed by atoms with Gasteiger partial charge in [0.05, 0.1) is 6.10 Å². The number of hydrogen-bond donors (Lipinski definition) is 1. The molecular formula is C13H20BrNO. The van der Waals surface area contributed by atoms with Crippen molar-refractivity contribution in [2.24, 2.45) is 0 Å². The third-order valence-electron chi connectivity index (χ3n) is 2.87. The molecule has 1 N–H and O–H groups in total. The summed E-state index contributed by atoms with van der Waals surface area (Å²) in [5.41, 5.74) is 0.996. The molecule has 1 aromatic rings. The molecule has 0 saturated carbocycles. The SMILES string of the molecule is CCN(CC)CCC(O)c1ccc(Br)cc1. The summed E-state index contributed by atoms with van der Waals surface area (Å²) in [6, 6.07) is 7.87. The lowest BCUT2D eigenvalue weighted by Crippen LogP contribution is -2.25. The lowest BCUT2D eigenvalue weighted by molar-refractivity contribution is 0.145. The second-order valence-electron chi connectivity index (χ2n) is 3.88. The smallest absolute Gasteiger partial charge is 0.0802 e. The van der Waals surface area contributed by atoms with Crippen molar-refractivity contribution in [3.63, 3.8) is 0 Å². The molecule has 0 aliphatic carbocycles. The van der Waals surface area contributed by atoms with Gasteiger partial charge in [0.2, 0.25) is 0 Å². The second kappa shape index (κ2) is 7.05. The molecule has 0 aliphatic rings. The van der Waals surface area contributed by atoms with E-state index in [9.17, 15) is 5.11 Å². The van der Waals surface area contributed by atoms with E-state index in [2.05, 4.69) is 34.7 Å². The highest BCUT2D eigenvalue weighted by molar-refractivity contribution is 9.10. The summed E-state index contributed by atoms with van der Waals surface area (Å²) in [7, 11) is 0. The zero-order chi connectivity index (χ0) is 12.0. The molecule has 3 heteroatoms. The van der Waals surface area contributed by atoms with Crippen molar-refractivity contribution in [3.8, 4) is 0 Å². The fraction of sp³-hybridized carbons (Fsp3) is 0.538. The first kappa shape index (κ1) is 13.7. The first-order valence-corrected chi connectivity index (χ1v) is 6.62. The molecule has 0 spiro atoms. The fourth-order valence-corrected chi connectivity index (χ4v) is 1.96. The summed E-state index contributed by atoms with van der Waals surface area (Å²) >= 11 is 3.39. The van der Waals surface area contributed by atoms with Gasteiger partial charge < -0.3 is 10.0 Å². The normalized spacial score (nSPS) is 13.1. The molecule has 0 amide bonds. The molecule has 0 aliphatic heterocycles. The van der Waals surface area contributed by atoms with Gasteiger partial charge in [0.25, 0.3) is 0 Å². The highest BCUT2D eigenvalue weighted by Gasteiger charge is 2.08. The third kappa shape index (κ3) is 4.24. The fourth-order valence-electron chi connectivity index (χ4n) is 1.70. The van der Waals surface area contributed by atoms with E-state index in [0.717, 1.165) is 36.1 Å². The van der Waals surface area contributed by atoms with Crippen LogP contribution in [0, 0.1) is 0 Å². The Morgan fingerprint density at radius 3 is 2.25 bits per heavy atom. The lowest BCUT2D eigenvalue weighted by Gasteiger charge is -2.20. The standard InChI is InChI=1S/C13H20BrNO/c1-3-15(4-2)10-9-13(16)11-5-7-12(14)8-6-11/h5-8,13,16H,3-4,9-10H2,1-2H3. The van der Waals surface area contributed by atoms with E-state index in [1.54, 1.807) is 0 Å². The van der Waals surface area contributed by atoms with Crippen molar-refractivity contribution in [1.29, 1.82) is 0 Å². The maximum Gasteiger partial charge on any atom is 0.0802 e. The number of aliphatic hydroxyl groups excluding tert-OH is 1. The highest BCUT2D eigenvalue weighted by atomic mass is 79.9. The van der Waals surface area contributed by atoms with E-state index in [4.69, 9.17) is 0 Å². The Morgan fingerprint density at radius 1 is 1.19 bits per heavy atom. The average molecular weight is 286 g/mol. The molecule has 90 valence electrons. The molecule has 1 atom stereocenters. The zero-order valence-electron chi connectivity index (χ0n) is 9.99. The second-order valence-corrected chi connectivity index (χ2v) is 4.80. The molecule has 0 bridgehead atoms. The van der Waals surface area contributed by atoms with Crippen LogP contribution in [-0.2, 0) is 0 Å². The van der Waals surface area contributed by atoms with Gasteiger partial charge in [0, 0.05) is 11.0 Å². The van der Waals surface area contributed by atoms with Crippen LogP contribution in [0.15, 0.2) is 28.7 Å². The number of rotatable bonds is 6. The van der Waals surface area contributed by atoms with Gasteiger partial charge in [-0.05, 0) is 37.2 Å². The van der Waals surface area contributed by atoms with Crippen LogP contribution in [0.25, 0.3) is 0 Å². The van der Waals surface area contributed by atoms with E-state index in [1.165, 1.54) is 0 Å². The van der Waals surface area contributed by atoms with Gasteiger partial charge in [-0.25, -0.2) is 0 Å². The van der Waals surface area contributed by atoms with Crippen molar-refractivity contribution in [2.75, 3.05) is 19.6 Å². The van der Waals surface area contributed by atoms with Gasteiger partial charge in [-0.3, -0.25) is 0 Å². The van der Waals surface area contributed by atoms with Crippen LogP contribution in [0.1, 0.15) is 31.9 Å². The number of halogens is 1. The first-order valence-electron chi connectivity index (χ1n) is 5.83. The maximum absolute atomic E-state index is 10.0. The zero-order valence-corrected chi connectivity index (χ0v) is 11.6. The predicted octanol–water partition coefficient (Wildman–Crippen LogP) is 3.21. The van der Waals surface area contributed by atoms with Gasteiger partial charge in [-0.15, -0.1) is 0 Å². The van der Waals surface area contributed by atoms with Gasteiger partial charge in [-0.1, -0.05) is 41.9 Å². The van der Waals surface area contributed by atoms with E-state index in [1.807, 2.05) is 24.3 Å². The van der Waals surface area contributed by atoms with Crippen LogP contribution in [0.5, 0.6) is 0 Å². The van der Waals surface area contributed by atoms with Crippen molar-refractivity contribution in [2.45, 2.75) is 26.4 Å². The van der Waals surface area contributed by atoms with Crippen LogP contribution in [-0.4, -0.2) is 29.6 Å². The van der Waals surface area contributed by atoms with Crippen LogP contribution in [0.2, 0.25) is 0 Å². The molecule has 2 nitrogen and oxygen atoms in total.